The van der Waals surface area contributed by atoms with Crippen molar-refractivity contribution in [2.45, 2.75) is 32.7 Å². The zero-order valence-electron chi connectivity index (χ0n) is 9.62. The van der Waals surface area contributed by atoms with Crippen molar-refractivity contribution in [3.63, 3.8) is 0 Å². The van der Waals surface area contributed by atoms with Crippen molar-refractivity contribution in [1.82, 2.24) is 10.2 Å². The minimum atomic E-state index is -0.992. The lowest BCUT2D eigenvalue weighted by atomic mass is 10.2. The normalized spacial score (nSPS) is 12.5. The van der Waals surface area contributed by atoms with Crippen LogP contribution in [0.1, 0.15) is 26.7 Å². The van der Waals surface area contributed by atoms with E-state index in [0.717, 1.165) is 19.4 Å². The standard InChI is InChI=1S/C10H20N2O3/c1-4-5-6-12(3)7-9(10(14)15)11-8(2)13/h9H,4-7H2,1-3H3,(H,11,13)(H,14,15). The third kappa shape index (κ3) is 6.90. The molecule has 88 valence electrons. The molecular formula is C10H20N2O3. The summed E-state index contributed by atoms with van der Waals surface area (Å²) in [5, 5.41) is 11.3. The van der Waals surface area contributed by atoms with Gasteiger partial charge in [-0.05, 0) is 20.0 Å². The Hall–Kier alpha value is -1.10. The van der Waals surface area contributed by atoms with E-state index >= 15 is 0 Å². The zero-order chi connectivity index (χ0) is 11.8. The third-order valence-corrected chi connectivity index (χ3v) is 2.06. The number of rotatable bonds is 7. The lowest BCUT2D eigenvalue weighted by Crippen LogP contribution is -2.47. The summed E-state index contributed by atoms with van der Waals surface area (Å²) in [5.74, 6) is -1.31. The number of hydrogen-bond donors (Lipinski definition) is 2. The van der Waals surface area contributed by atoms with Crippen molar-refractivity contribution in [3.8, 4) is 0 Å². The van der Waals surface area contributed by atoms with Crippen LogP contribution < -0.4 is 5.32 Å². The Morgan fingerprint density at radius 1 is 1.47 bits per heavy atom. The van der Waals surface area contributed by atoms with E-state index in [1.165, 1.54) is 6.92 Å². The highest BCUT2D eigenvalue weighted by atomic mass is 16.4. The van der Waals surface area contributed by atoms with Gasteiger partial charge >= 0.3 is 5.97 Å². The first-order valence-electron chi connectivity index (χ1n) is 5.15. The molecule has 0 fully saturated rings. The van der Waals surface area contributed by atoms with Crippen LogP contribution in [0.25, 0.3) is 0 Å². The molecule has 0 saturated carbocycles. The average molecular weight is 216 g/mol. The number of amides is 1. The maximum Gasteiger partial charge on any atom is 0.327 e. The van der Waals surface area contributed by atoms with Crippen LogP contribution in [0.5, 0.6) is 0 Å². The fourth-order valence-electron chi connectivity index (χ4n) is 1.26. The van der Waals surface area contributed by atoms with Gasteiger partial charge in [0, 0.05) is 13.5 Å². The number of aliphatic carboxylic acids is 1. The maximum absolute atomic E-state index is 10.8. The molecule has 0 aliphatic carbocycles. The van der Waals surface area contributed by atoms with Gasteiger partial charge < -0.3 is 15.3 Å². The minimum absolute atomic E-state index is 0.314. The number of carboxylic acid groups (broad SMARTS) is 1. The largest absolute Gasteiger partial charge is 0.480 e. The smallest absolute Gasteiger partial charge is 0.327 e. The van der Waals surface area contributed by atoms with Gasteiger partial charge in [-0.25, -0.2) is 4.79 Å². The molecule has 0 heterocycles. The summed E-state index contributed by atoms with van der Waals surface area (Å²) in [6.07, 6.45) is 2.10. The molecular weight excluding hydrogens is 196 g/mol. The first-order valence-corrected chi connectivity index (χ1v) is 5.15. The Morgan fingerprint density at radius 2 is 2.07 bits per heavy atom. The van der Waals surface area contributed by atoms with E-state index in [-0.39, 0.29) is 5.91 Å². The number of nitrogens with zero attached hydrogens (tertiary/aromatic N) is 1. The Kier molecular flexibility index (Phi) is 6.70. The van der Waals surface area contributed by atoms with Crippen LogP contribution in [-0.2, 0) is 9.59 Å². The molecule has 0 aromatic carbocycles. The summed E-state index contributed by atoms with van der Waals surface area (Å²) in [7, 11) is 1.85. The molecule has 1 amide bonds. The van der Waals surface area contributed by atoms with Crippen LogP contribution in [-0.4, -0.2) is 48.1 Å². The third-order valence-electron chi connectivity index (χ3n) is 2.06. The molecule has 0 aromatic rings. The summed E-state index contributed by atoms with van der Waals surface area (Å²) < 4.78 is 0. The van der Waals surface area contributed by atoms with Crippen LogP contribution in [0.15, 0.2) is 0 Å². The number of carboxylic acids is 1. The number of nitrogens with one attached hydrogen (secondary N) is 1. The summed E-state index contributed by atoms with van der Waals surface area (Å²) in [5.41, 5.74) is 0. The highest BCUT2D eigenvalue weighted by Crippen LogP contribution is 1.95. The van der Waals surface area contributed by atoms with E-state index < -0.39 is 12.0 Å². The molecule has 5 heteroatoms. The van der Waals surface area contributed by atoms with Gasteiger partial charge in [-0.3, -0.25) is 4.79 Å². The zero-order valence-corrected chi connectivity index (χ0v) is 9.62. The Morgan fingerprint density at radius 3 is 2.47 bits per heavy atom. The quantitative estimate of drug-likeness (QED) is 0.642. The molecule has 1 atom stereocenters. The van der Waals surface area contributed by atoms with Gasteiger partial charge in [0.25, 0.3) is 0 Å². The minimum Gasteiger partial charge on any atom is -0.480 e. The molecule has 5 nitrogen and oxygen atoms in total. The number of unbranched alkanes of at least 4 members (excludes halogenated alkanes) is 1. The molecule has 0 aliphatic rings. The number of carbonyl (C=O) groups is 2. The second-order valence-corrected chi connectivity index (χ2v) is 3.71. The molecule has 1 unspecified atom stereocenters. The van der Waals surface area contributed by atoms with Gasteiger partial charge in [-0.2, -0.15) is 0 Å². The van der Waals surface area contributed by atoms with Crippen molar-refractivity contribution in [3.05, 3.63) is 0 Å². The first kappa shape index (κ1) is 13.9. The van der Waals surface area contributed by atoms with Crippen molar-refractivity contribution < 1.29 is 14.7 Å². The van der Waals surface area contributed by atoms with Gasteiger partial charge in [0.1, 0.15) is 6.04 Å². The van der Waals surface area contributed by atoms with E-state index in [2.05, 4.69) is 12.2 Å². The predicted molar refractivity (Wildman–Crippen MR) is 57.6 cm³/mol. The van der Waals surface area contributed by atoms with Gasteiger partial charge in [0.2, 0.25) is 5.91 Å². The highest BCUT2D eigenvalue weighted by Gasteiger charge is 2.19. The highest BCUT2D eigenvalue weighted by molar-refractivity contribution is 5.82. The van der Waals surface area contributed by atoms with Crippen LogP contribution in [0.3, 0.4) is 0 Å². The fraction of sp³-hybridized carbons (Fsp3) is 0.800. The Labute approximate surface area is 90.5 Å². The topological polar surface area (TPSA) is 69.6 Å². The lowest BCUT2D eigenvalue weighted by molar-refractivity contribution is -0.142. The molecule has 0 bridgehead atoms. The van der Waals surface area contributed by atoms with Gasteiger partial charge in [0.05, 0.1) is 0 Å². The van der Waals surface area contributed by atoms with Crippen molar-refractivity contribution >= 4 is 11.9 Å². The molecule has 0 rings (SSSR count). The summed E-state index contributed by atoms with van der Waals surface area (Å²) in [6.45, 7) is 4.59. The van der Waals surface area contributed by atoms with Crippen LogP contribution in [0.2, 0.25) is 0 Å². The molecule has 15 heavy (non-hydrogen) atoms. The predicted octanol–water partition coefficient (Wildman–Crippen LogP) is 0.308. The molecule has 0 aliphatic heterocycles. The van der Waals surface area contributed by atoms with E-state index in [1.54, 1.807) is 0 Å². The molecule has 0 aromatic heterocycles. The Bertz CT molecular complexity index is 219. The van der Waals surface area contributed by atoms with Crippen molar-refractivity contribution in [2.24, 2.45) is 0 Å². The second kappa shape index (κ2) is 7.23. The van der Waals surface area contributed by atoms with E-state index in [0.29, 0.717) is 6.54 Å². The van der Waals surface area contributed by atoms with Crippen molar-refractivity contribution in [1.29, 1.82) is 0 Å². The molecule has 0 radical (unpaired) electrons. The number of likely N-dealkylation sites (N-methyl/N-ethyl adjacent to an activating group) is 1. The van der Waals surface area contributed by atoms with Crippen LogP contribution in [0, 0.1) is 0 Å². The number of carbonyl (C=O) groups excluding carboxylic acids is 1. The summed E-state index contributed by atoms with van der Waals surface area (Å²) in [6, 6.07) is -0.815. The molecule has 0 spiro atoms. The summed E-state index contributed by atoms with van der Waals surface area (Å²) >= 11 is 0. The number of hydrogen-bond acceptors (Lipinski definition) is 3. The van der Waals surface area contributed by atoms with E-state index in [9.17, 15) is 9.59 Å². The SMILES string of the molecule is CCCCN(C)CC(NC(C)=O)C(=O)O. The average Bonchev–Trinajstić information content (AvgIpc) is 2.12. The van der Waals surface area contributed by atoms with Crippen molar-refractivity contribution in [2.75, 3.05) is 20.1 Å². The van der Waals surface area contributed by atoms with E-state index in [1.807, 2.05) is 11.9 Å². The van der Waals surface area contributed by atoms with Gasteiger partial charge in [-0.1, -0.05) is 13.3 Å². The lowest BCUT2D eigenvalue weighted by Gasteiger charge is -2.21. The maximum atomic E-state index is 10.8. The molecule has 2 N–H and O–H groups in total. The Balaban J connectivity index is 4.04. The summed E-state index contributed by atoms with van der Waals surface area (Å²) in [4.78, 5) is 23.5. The van der Waals surface area contributed by atoms with Gasteiger partial charge in [-0.15, -0.1) is 0 Å². The van der Waals surface area contributed by atoms with Gasteiger partial charge in [0.15, 0.2) is 0 Å². The van der Waals surface area contributed by atoms with E-state index in [4.69, 9.17) is 5.11 Å². The second-order valence-electron chi connectivity index (χ2n) is 3.71. The fourth-order valence-corrected chi connectivity index (χ4v) is 1.26. The molecule has 0 saturated heterocycles. The first-order chi connectivity index (χ1) is 6.97. The van der Waals surface area contributed by atoms with Crippen LogP contribution >= 0.6 is 0 Å². The monoisotopic (exact) mass is 216 g/mol. The van der Waals surface area contributed by atoms with Crippen LogP contribution in [0.4, 0.5) is 0 Å².